The third-order valence-corrected chi connectivity index (χ3v) is 8.65. The van der Waals surface area contributed by atoms with Gasteiger partial charge < -0.3 is 19.3 Å². The average Bonchev–Trinajstić information content (AvgIpc) is 3.26. The van der Waals surface area contributed by atoms with Crippen molar-refractivity contribution in [1.29, 1.82) is 0 Å². The number of carbonyl (C=O) groups is 2. The van der Waals surface area contributed by atoms with Crippen LogP contribution in [0, 0.1) is 23.2 Å². The number of hydrogen-bond acceptors (Lipinski definition) is 5. The summed E-state index contributed by atoms with van der Waals surface area (Å²) >= 11 is 0. The summed E-state index contributed by atoms with van der Waals surface area (Å²) < 4.78 is 17.5. The van der Waals surface area contributed by atoms with Crippen LogP contribution in [0.1, 0.15) is 110 Å². The summed E-state index contributed by atoms with van der Waals surface area (Å²) in [4.78, 5) is 23.9. The van der Waals surface area contributed by atoms with Gasteiger partial charge in [0.2, 0.25) is 0 Å². The molecule has 1 heterocycles. The molecule has 6 nitrogen and oxygen atoms in total. The van der Waals surface area contributed by atoms with Gasteiger partial charge in [0.1, 0.15) is 11.5 Å². The van der Waals surface area contributed by atoms with E-state index in [1.807, 2.05) is 6.92 Å². The first kappa shape index (κ1) is 35.4. The van der Waals surface area contributed by atoms with E-state index in [0.29, 0.717) is 24.9 Å². The lowest BCUT2D eigenvalue weighted by Gasteiger charge is -2.29. The number of benzene rings is 1. The molecule has 0 saturated carbocycles. The number of carbonyl (C=O) groups excluding carboxylic acids is 1. The number of allylic oxidation sites excluding steroid dienone is 6. The number of hydrogen-bond donors (Lipinski definition) is 1. The van der Waals surface area contributed by atoms with Crippen LogP contribution >= 0.6 is 0 Å². The van der Waals surface area contributed by atoms with E-state index >= 15 is 0 Å². The van der Waals surface area contributed by atoms with Gasteiger partial charge in [-0.05, 0) is 98.8 Å². The van der Waals surface area contributed by atoms with Crippen LogP contribution in [0.5, 0.6) is 5.75 Å². The molecule has 1 aliphatic heterocycles. The fourth-order valence-electron chi connectivity index (χ4n) is 5.95. The zero-order chi connectivity index (χ0) is 33.0. The molecule has 0 spiro atoms. The summed E-state index contributed by atoms with van der Waals surface area (Å²) in [6.07, 6.45) is 8.93. The summed E-state index contributed by atoms with van der Waals surface area (Å²) in [6, 6.07) is 4.16. The minimum absolute atomic E-state index is 0. The standard InChI is InChI=1S/C33H44O4.C5H10O2.H2/c1-9-37-25-18-26(20(2)3)29-14-23(21(4)27(29)19-25)17-31(34)24-15-28(22-10-12-36-13-11-22)32(35-8)30(16-24)33(5,6)7;1-5(2,3)4(6)7;/h14-16,18-20,22-23,27H,4,9-13,17H2,1-3,5-8H3;1-3H3,(H,6,7);1H. The molecule has 1 saturated heterocycles. The molecule has 2 aliphatic carbocycles. The molecular formula is C38H56O6. The van der Waals surface area contributed by atoms with Crippen molar-refractivity contribution in [2.24, 2.45) is 23.2 Å². The Kier molecular flexibility index (Phi) is 11.5. The fraction of sp³-hybridized carbons (Fsp3) is 0.579. The van der Waals surface area contributed by atoms with E-state index in [1.165, 1.54) is 11.1 Å². The lowest BCUT2D eigenvalue weighted by Crippen LogP contribution is -2.20. The number of ketones is 1. The third-order valence-electron chi connectivity index (χ3n) is 8.65. The number of rotatable bonds is 8. The second-order valence-electron chi connectivity index (χ2n) is 14.5. The van der Waals surface area contributed by atoms with Crippen LogP contribution in [-0.4, -0.2) is 43.8 Å². The average molecular weight is 609 g/mol. The zero-order valence-electron chi connectivity index (χ0n) is 28.6. The first-order valence-corrected chi connectivity index (χ1v) is 16.0. The van der Waals surface area contributed by atoms with Crippen LogP contribution in [0.15, 0.2) is 59.4 Å². The summed E-state index contributed by atoms with van der Waals surface area (Å²) in [5.41, 5.74) is 5.94. The van der Waals surface area contributed by atoms with Crippen LogP contribution in [0.4, 0.5) is 0 Å². The lowest BCUT2D eigenvalue weighted by molar-refractivity contribution is -0.145. The van der Waals surface area contributed by atoms with Crippen LogP contribution < -0.4 is 4.74 Å². The third kappa shape index (κ3) is 8.32. The van der Waals surface area contributed by atoms with Gasteiger partial charge in [-0.15, -0.1) is 0 Å². The Hall–Kier alpha value is -3.12. The summed E-state index contributed by atoms with van der Waals surface area (Å²) in [5, 5.41) is 8.25. The lowest BCUT2D eigenvalue weighted by atomic mass is 9.79. The van der Waals surface area contributed by atoms with Gasteiger partial charge in [0, 0.05) is 44.0 Å². The molecule has 6 heteroatoms. The number of ether oxygens (including phenoxy) is 3. The Morgan fingerprint density at radius 1 is 1.09 bits per heavy atom. The summed E-state index contributed by atoms with van der Waals surface area (Å²) in [7, 11) is 1.75. The molecule has 0 amide bonds. The first-order chi connectivity index (χ1) is 20.5. The van der Waals surface area contributed by atoms with E-state index in [9.17, 15) is 9.59 Å². The fourth-order valence-corrected chi connectivity index (χ4v) is 5.95. The van der Waals surface area contributed by atoms with Crippen molar-refractivity contribution in [2.75, 3.05) is 26.9 Å². The van der Waals surface area contributed by atoms with E-state index < -0.39 is 11.4 Å². The normalized spacial score (nSPS) is 20.6. The van der Waals surface area contributed by atoms with Gasteiger partial charge in [-0.3, -0.25) is 9.59 Å². The van der Waals surface area contributed by atoms with Crippen molar-refractivity contribution in [3.63, 3.8) is 0 Å². The van der Waals surface area contributed by atoms with Crippen molar-refractivity contribution >= 4 is 11.8 Å². The second-order valence-corrected chi connectivity index (χ2v) is 14.5. The maximum atomic E-state index is 13.9. The molecular weight excluding hydrogens is 552 g/mol. The van der Waals surface area contributed by atoms with Crippen molar-refractivity contribution in [3.8, 4) is 5.75 Å². The van der Waals surface area contributed by atoms with Gasteiger partial charge in [-0.2, -0.15) is 0 Å². The molecule has 0 radical (unpaired) electrons. The maximum absolute atomic E-state index is 13.9. The van der Waals surface area contributed by atoms with Crippen molar-refractivity contribution in [1.82, 2.24) is 0 Å². The Balaban J connectivity index is 0.000000791. The molecule has 1 N–H and O–H groups in total. The molecule has 0 aromatic heterocycles. The molecule has 44 heavy (non-hydrogen) atoms. The summed E-state index contributed by atoms with van der Waals surface area (Å²) in [6.45, 7) is 24.6. The van der Waals surface area contributed by atoms with Crippen LogP contribution in [0.3, 0.4) is 0 Å². The van der Waals surface area contributed by atoms with Gasteiger partial charge >= 0.3 is 5.97 Å². The number of carboxylic acids is 1. The van der Waals surface area contributed by atoms with E-state index in [1.54, 1.807) is 27.9 Å². The second kappa shape index (κ2) is 14.3. The number of methoxy groups -OCH3 is 1. The number of fused-ring (bicyclic) bond motifs is 1. The largest absolute Gasteiger partial charge is 0.496 e. The first-order valence-electron chi connectivity index (χ1n) is 16.0. The van der Waals surface area contributed by atoms with Gasteiger partial charge in [-0.25, -0.2) is 0 Å². The molecule has 1 fully saturated rings. The Morgan fingerprint density at radius 2 is 1.70 bits per heavy atom. The van der Waals surface area contributed by atoms with E-state index in [4.69, 9.17) is 19.3 Å². The minimum Gasteiger partial charge on any atom is -0.496 e. The highest BCUT2D eigenvalue weighted by Crippen LogP contribution is 2.47. The van der Waals surface area contributed by atoms with Crippen molar-refractivity contribution in [3.05, 3.63) is 76.1 Å². The molecule has 1 aromatic rings. The molecule has 3 aliphatic rings. The molecule has 2 atom stereocenters. The van der Waals surface area contributed by atoms with Crippen LogP contribution in [0.2, 0.25) is 0 Å². The molecule has 244 valence electrons. The Labute approximate surface area is 266 Å². The summed E-state index contributed by atoms with van der Waals surface area (Å²) in [5.74, 6) is 2.07. The molecule has 2 unspecified atom stereocenters. The predicted molar refractivity (Wildman–Crippen MR) is 179 cm³/mol. The van der Waals surface area contributed by atoms with E-state index in [2.05, 4.69) is 71.6 Å². The highest BCUT2D eigenvalue weighted by atomic mass is 16.5. The van der Waals surface area contributed by atoms with E-state index in [-0.39, 0.29) is 24.5 Å². The molecule has 0 bridgehead atoms. The topological polar surface area (TPSA) is 82.1 Å². The van der Waals surface area contributed by atoms with Gasteiger partial charge in [-0.1, -0.05) is 52.8 Å². The van der Waals surface area contributed by atoms with E-state index in [0.717, 1.165) is 59.8 Å². The number of Topliss-reactive ketones (excluding diaryl/α,β-unsaturated/α-hetero) is 1. The van der Waals surface area contributed by atoms with Gasteiger partial charge in [0.15, 0.2) is 5.78 Å². The number of aliphatic carboxylic acids is 1. The zero-order valence-corrected chi connectivity index (χ0v) is 28.6. The number of carboxylic acid groups (broad SMARTS) is 1. The quantitative estimate of drug-likeness (QED) is 0.234. The van der Waals surface area contributed by atoms with Crippen LogP contribution in [-0.2, 0) is 19.7 Å². The highest BCUT2D eigenvalue weighted by molar-refractivity contribution is 5.97. The smallest absolute Gasteiger partial charge is 0.308 e. The molecule has 1 aromatic carbocycles. The Bertz CT molecular complexity index is 1330. The Morgan fingerprint density at radius 3 is 2.20 bits per heavy atom. The monoisotopic (exact) mass is 608 g/mol. The van der Waals surface area contributed by atoms with Gasteiger partial charge in [0.05, 0.1) is 19.1 Å². The predicted octanol–water partition coefficient (Wildman–Crippen LogP) is 9.07. The van der Waals surface area contributed by atoms with Gasteiger partial charge in [0.25, 0.3) is 0 Å². The maximum Gasteiger partial charge on any atom is 0.308 e. The van der Waals surface area contributed by atoms with Crippen molar-refractivity contribution in [2.45, 2.75) is 92.9 Å². The SMILES string of the molecule is C=C1C(CC(=O)c2cc(C3CCOCC3)c(OC)c(C(C)(C)C)c2)C=C2C(C(C)C)=CC(OCC)=CC12.CC(C)(C)C(=O)O.[HH]. The minimum atomic E-state index is -0.757. The van der Waals surface area contributed by atoms with Crippen LogP contribution in [0.25, 0.3) is 0 Å². The highest BCUT2D eigenvalue weighted by Gasteiger charge is 2.36. The molecule has 4 rings (SSSR count). The van der Waals surface area contributed by atoms with Crippen molar-refractivity contribution < 1.29 is 30.3 Å².